The summed E-state index contributed by atoms with van der Waals surface area (Å²) in [5.74, 6) is -1.65. The van der Waals surface area contributed by atoms with Crippen molar-refractivity contribution in [3.8, 4) is 5.75 Å². The molecule has 5 rings (SSSR count). The SMILES string of the molecule is CN1NC=CN1c1ccc(OC(F)(F)F)c(C2=C[C@]3(CCCC(C(=O)OC(C)(C)C)[C@H]3c3ccccc3)ON2)c1. The monoisotopic (exact) mass is 558 g/mol. The second-order valence-electron chi connectivity index (χ2n) is 11.2. The Morgan fingerprint density at radius 3 is 2.52 bits per heavy atom. The summed E-state index contributed by atoms with van der Waals surface area (Å²) >= 11 is 0. The van der Waals surface area contributed by atoms with Gasteiger partial charge in [-0.2, -0.15) is 0 Å². The Kier molecular flexibility index (Phi) is 7.22. The van der Waals surface area contributed by atoms with E-state index in [-0.39, 0.29) is 17.3 Å². The van der Waals surface area contributed by atoms with Gasteiger partial charge in [0.25, 0.3) is 0 Å². The Morgan fingerprint density at radius 1 is 1.12 bits per heavy atom. The van der Waals surface area contributed by atoms with Gasteiger partial charge in [0.15, 0.2) is 0 Å². The normalized spacial score (nSPS) is 25.0. The van der Waals surface area contributed by atoms with Gasteiger partial charge in [-0.25, -0.2) is 0 Å². The summed E-state index contributed by atoms with van der Waals surface area (Å²) in [5.41, 5.74) is 6.18. The first-order chi connectivity index (χ1) is 18.9. The zero-order valence-electron chi connectivity index (χ0n) is 22.8. The molecule has 2 heterocycles. The van der Waals surface area contributed by atoms with Crippen molar-refractivity contribution < 1.29 is 32.3 Å². The molecule has 1 aliphatic carbocycles. The van der Waals surface area contributed by atoms with E-state index in [0.717, 1.165) is 5.56 Å². The van der Waals surface area contributed by atoms with E-state index < -0.39 is 29.4 Å². The maximum atomic E-state index is 13.4. The molecule has 1 fully saturated rings. The Morgan fingerprint density at radius 2 is 1.88 bits per heavy atom. The topological polar surface area (TPSA) is 75.3 Å². The highest BCUT2D eigenvalue weighted by Crippen LogP contribution is 2.51. The zero-order chi connectivity index (χ0) is 28.7. The van der Waals surface area contributed by atoms with E-state index >= 15 is 0 Å². The van der Waals surface area contributed by atoms with Gasteiger partial charge in [0.05, 0.1) is 17.3 Å². The number of carbonyl (C=O) groups is 1. The molecule has 0 aromatic heterocycles. The average Bonchev–Trinajstić information content (AvgIpc) is 3.49. The van der Waals surface area contributed by atoms with Crippen LogP contribution >= 0.6 is 0 Å². The summed E-state index contributed by atoms with van der Waals surface area (Å²) in [6.45, 7) is 5.47. The predicted molar refractivity (Wildman–Crippen MR) is 143 cm³/mol. The minimum absolute atomic E-state index is 0.173. The number of benzene rings is 2. The first-order valence-corrected chi connectivity index (χ1v) is 13.2. The summed E-state index contributed by atoms with van der Waals surface area (Å²) in [6.07, 6.45) is 2.18. The molecule has 2 aromatic carbocycles. The Balaban J connectivity index is 1.59. The lowest BCUT2D eigenvalue weighted by Crippen LogP contribution is -2.47. The molecular formula is C29H33F3N4O4. The highest BCUT2D eigenvalue weighted by Gasteiger charge is 2.53. The molecule has 2 N–H and O–H groups in total. The molecule has 1 saturated carbocycles. The van der Waals surface area contributed by atoms with Crippen molar-refractivity contribution in [2.45, 2.75) is 63.5 Å². The number of hydroxylamine groups is 1. The number of hydrogen-bond acceptors (Lipinski definition) is 8. The van der Waals surface area contributed by atoms with Crippen molar-refractivity contribution >= 4 is 17.4 Å². The van der Waals surface area contributed by atoms with Crippen LogP contribution in [-0.4, -0.2) is 35.7 Å². The molecular weight excluding hydrogens is 525 g/mol. The zero-order valence-corrected chi connectivity index (χ0v) is 22.8. The number of alkyl halides is 3. The van der Waals surface area contributed by atoms with E-state index in [2.05, 4.69) is 15.6 Å². The molecule has 3 aliphatic rings. The number of anilines is 1. The maximum absolute atomic E-state index is 13.4. The van der Waals surface area contributed by atoms with Gasteiger partial charge in [-0.05, 0) is 69.9 Å². The Hall–Kier alpha value is -3.70. The first-order valence-electron chi connectivity index (χ1n) is 13.2. The van der Waals surface area contributed by atoms with Crippen molar-refractivity contribution in [2.24, 2.45) is 5.92 Å². The number of nitrogens with zero attached hydrogens (tertiary/aromatic N) is 2. The minimum atomic E-state index is -4.89. The molecule has 214 valence electrons. The second kappa shape index (κ2) is 10.4. The number of carbonyl (C=O) groups excluding carboxylic acids is 1. The van der Waals surface area contributed by atoms with Crippen molar-refractivity contribution in [2.75, 3.05) is 12.1 Å². The van der Waals surface area contributed by atoms with Crippen molar-refractivity contribution in [3.63, 3.8) is 0 Å². The summed E-state index contributed by atoms with van der Waals surface area (Å²) in [4.78, 5) is 19.7. The van der Waals surface area contributed by atoms with Crippen LogP contribution < -0.4 is 20.7 Å². The average molecular weight is 559 g/mol. The molecule has 1 unspecified atom stereocenters. The van der Waals surface area contributed by atoms with Gasteiger partial charge in [-0.1, -0.05) is 30.3 Å². The van der Waals surface area contributed by atoms with E-state index in [4.69, 9.17) is 9.57 Å². The number of halogens is 3. The van der Waals surface area contributed by atoms with Gasteiger partial charge in [0.2, 0.25) is 0 Å². The van der Waals surface area contributed by atoms with Crippen LogP contribution in [-0.2, 0) is 14.4 Å². The summed E-state index contributed by atoms with van der Waals surface area (Å²) in [7, 11) is 1.77. The molecule has 0 amide bonds. The lowest BCUT2D eigenvalue weighted by atomic mass is 9.65. The molecule has 8 nitrogen and oxygen atoms in total. The van der Waals surface area contributed by atoms with Gasteiger partial charge >= 0.3 is 12.3 Å². The highest BCUT2D eigenvalue weighted by molar-refractivity contribution is 5.77. The number of hydrazine groups is 2. The fourth-order valence-electron chi connectivity index (χ4n) is 5.65. The summed E-state index contributed by atoms with van der Waals surface area (Å²) in [5, 5.41) is 3.41. The van der Waals surface area contributed by atoms with Gasteiger partial charge in [-0.3, -0.25) is 20.1 Å². The van der Waals surface area contributed by atoms with Crippen LogP contribution in [0.1, 0.15) is 57.1 Å². The molecule has 3 atom stereocenters. The third kappa shape index (κ3) is 5.75. The van der Waals surface area contributed by atoms with Gasteiger partial charge in [0.1, 0.15) is 17.0 Å². The van der Waals surface area contributed by atoms with Crippen LogP contribution in [0.4, 0.5) is 18.9 Å². The summed E-state index contributed by atoms with van der Waals surface area (Å²) in [6, 6.07) is 14.0. The van der Waals surface area contributed by atoms with E-state index in [9.17, 15) is 18.0 Å². The lowest BCUT2D eigenvalue weighted by molar-refractivity contribution is -0.274. The molecule has 11 heteroatoms. The Labute approximate surface area is 231 Å². The second-order valence-corrected chi connectivity index (χ2v) is 11.2. The highest BCUT2D eigenvalue weighted by atomic mass is 19.4. The molecule has 40 heavy (non-hydrogen) atoms. The van der Waals surface area contributed by atoms with Gasteiger partial charge in [0, 0.05) is 30.9 Å². The number of rotatable bonds is 5. The van der Waals surface area contributed by atoms with Crippen LogP contribution in [0.3, 0.4) is 0 Å². The van der Waals surface area contributed by atoms with Crippen molar-refractivity contribution in [1.82, 2.24) is 16.0 Å². The van der Waals surface area contributed by atoms with Crippen molar-refractivity contribution in [3.05, 3.63) is 78.1 Å². The first kappa shape index (κ1) is 27.9. The lowest BCUT2D eigenvalue weighted by Gasteiger charge is -2.43. The summed E-state index contributed by atoms with van der Waals surface area (Å²) < 4.78 is 50.4. The molecule has 0 saturated heterocycles. The predicted octanol–water partition coefficient (Wildman–Crippen LogP) is 5.77. The number of esters is 1. The van der Waals surface area contributed by atoms with E-state index in [0.29, 0.717) is 30.6 Å². The smallest absolute Gasteiger partial charge is 0.460 e. The number of hydrogen-bond donors (Lipinski definition) is 2. The van der Waals surface area contributed by atoms with Gasteiger partial charge in [-0.15, -0.1) is 18.3 Å². The number of ether oxygens (including phenoxy) is 2. The van der Waals surface area contributed by atoms with E-state index in [1.807, 2.05) is 51.1 Å². The molecule has 0 bridgehead atoms. The van der Waals surface area contributed by atoms with Crippen LogP contribution in [0.15, 0.2) is 67.0 Å². The molecule has 2 aliphatic heterocycles. The van der Waals surface area contributed by atoms with Crippen molar-refractivity contribution in [1.29, 1.82) is 0 Å². The van der Waals surface area contributed by atoms with E-state index in [1.165, 1.54) is 12.1 Å². The van der Waals surface area contributed by atoms with Gasteiger partial charge < -0.3 is 14.9 Å². The standard InChI is InChI=1S/C29H33F3N4O4/c1-27(2,3)39-26(37)21-11-8-14-28(25(21)19-9-6-5-7-10-19)18-23(34-40-28)22-17-20(36-16-15-33-35(36)4)12-13-24(22)38-29(30,31)32/h5-7,9-10,12-13,15-18,21,25,33-34H,8,11,14H2,1-4H3/t21?,25-,28+/m1/s1. The van der Waals surface area contributed by atoms with Crippen LogP contribution in [0.5, 0.6) is 5.75 Å². The third-order valence-corrected chi connectivity index (χ3v) is 7.16. The minimum Gasteiger partial charge on any atom is -0.460 e. The maximum Gasteiger partial charge on any atom is 0.573 e. The molecule has 0 radical (unpaired) electrons. The van der Waals surface area contributed by atoms with Crippen LogP contribution in [0.25, 0.3) is 5.70 Å². The largest absolute Gasteiger partial charge is 0.573 e. The van der Waals surface area contributed by atoms with Crippen LogP contribution in [0.2, 0.25) is 0 Å². The van der Waals surface area contributed by atoms with E-state index in [1.54, 1.807) is 41.7 Å². The molecule has 1 spiro atoms. The quantitative estimate of drug-likeness (QED) is 0.449. The fraction of sp³-hybridized carbons (Fsp3) is 0.414. The fourth-order valence-corrected chi connectivity index (χ4v) is 5.65. The molecule has 2 aromatic rings. The van der Waals surface area contributed by atoms with Crippen LogP contribution in [0, 0.1) is 5.92 Å². The third-order valence-electron chi connectivity index (χ3n) is 7.16. The number of nitrogens with one attached hydrogen (secondary N) is 2. The Bertz CT molecular complexity index is 1310.